The van der Waals surface area contributed by atoms with Gasteiger partial charge in [-0.25, -0.2) is 10.8 Å². The molecule has 0 amide bonds. The molecular formula is C10H16N3P. The van der Waals surface area contributed by atoms with Gasteiger partial charge in [0.15, 0.2) is 0 Å². The van der Waals surface area contributed by atoms with E-state index in [0.717, 1.165) is 24.1 Å². The van der Waals surface area contributed by atoms with Crippen molar-refractivity contribution in [3.05, 3.63) is 17.2 Å². The number of nitrogen functional groups attached to an aromatic ring is 1. The number of aromatic nitrogens is 1. The van der Waals surface area contributed by atoms with Crippen LogP contribution < -0.4 is 16.7 Å². The first-order chi connectivity index (χ1) is 6.81. The van der Waals surface area contributed by atoms with Gasteiger partial charge in [0, 0.05) is 0 Å². The first-order valence-electron chi connectivity index (χ1n) is 5.06. The molecule has 1 aliphatic rings. The molecule has 1 atom stereocenters. The highest BCUT2D eigenvalue weighted by Crippen LogP contribution is 2.24. The summed E-state index contributed by atoms with van der Waals surface area (Å²) in [5, 5.41) is 0. The molecule has 3 N–H and O–H groups in total. The normalized spacial score (nSPS) is 15.9. The fraction of sp³-hybridized carbons (Fsp3) is 0.500. The topological polar surface area (TPSA) is 50.9 Å². The summed E-state index contributed by atoms with van der Waals surface area (Å²) in [4.78, 5) is 4.37. The lowest BCUT2D eigenvalue weighted by Gasteiger charge is -2.11. The summed E-state index contributed by atoms with van der Waals surface area (Å²) in [5.41, 5.74) is 6.40. The Kier molecular flexibility index (Phi) is 2.99. The van der Waals surface area contributed by atoms with Gasteiger partial charge < -0.3 is 5.43 Å². The summed E-state index contributed by atoms with van der Waals surface area (Å²) >= 11 is 0. The van der Waals surface area contributed by atoms with Crippen LogP contribution in [0.5, 0.6) is 0 Å². The van der Waals surface area contributed by atoms with Gasteiger partial charge in [0.25, 0.3) is 0 Å². The van der Waals surface area contributed by atoms with Crippen LogP contribution in [0.1, 0.15) is 30.4 Å². The third kappa shape index (κ3) is 1.89. The van der Waals surface area contributed by atoms with Crippen molar-refractivity contribution in [2.45, 2.75) is 32.1 Å². The van der Waals surface area contributed by atoms with Crippen molar-refractivity contribution in [3.63, 3.8) is 0 Å². The van der Waals surface area contributed by atoms with E-state index in [4.69, 9.17) is 5.84 Å². The molecule has 0 bridgehead atoms. The summed E-state index contributed by atoms with van der Waals surface area (Å²) in [5.74, 6) is 6.33. The Labute approximate surface area is 86.7 Å². The molecule has 2 rings (SSSR count). The van der Waals surface area contributed by atoms with Gasteiger partial charge in [-0.3, -0.25) is 0 Å². The molecular weight excluding hydrogens is 193 g/mol. The molecule has 1 heterocycles. The number of hydrazine groups is 1. The molecule has 76 valence electrons. The maximum atomic E-state index is 5.47. The van der Waals surface area contributed by atoms with Crippen molar-refractivity contribution < 1.29 is 0 Å². The number of hydrogen-bond donors (Lipinski definition) is 2. The number of pyridine rings is 1. The summed E-state index contributed by atoms with van der Waals surface area (Å²) in [6.07, 6.45) is 6.11. The maximum Gasteiger partial charge on any atom is 0.144 e. The van der Waals surface area contributed by atoms with Crippen LogP contribution in [0.4, 0.5) is 5.82 Å². The van der Waals surface area contributed by atoms with E-state index in [1.165, 1.54) is 30.4 Å². The van der Waals surface area contributed by atoms with E-state index in [-0.39, 0.29) is 0 Å². The van der Waals surface area contributed by atoms with E-state index < -0.39 is 0 Å². The van der Waals surface area contributed by atoms with Crippen molar-refractivity contribution >= 4 is 20.5 Å². The molecule has 0 saturated heterocycles. The van der Waals surface area contributed by atoms with Crippen molar-refractivity contribution in [1.82, 2.24) is 4.98 Å². The van der Waals surface area contributed by atoms with Gasteiger partial charge >= 0.3 is 0 Å². The number of anilines is 1. The highest BCUT2D eigenvalue weighted by atomic mass is 31.0. The van der Waals surface area contributed by atoms with Gasteiger partial charge in [-0.15, -0.1) is 0 Å². The Morgan fingerprint density at radius 1 is 1.29 bits per heavy atom. The summed E-state index contributed by atoms with van der Waals surface area (Å²) in [7, 11) is 2.63. The molecule has 3 nitrogen and oxygen atoms in total. The van der Waals surface area contributed by atoms with Crippen molar-refractivity contribution in [2.24, 2.45) is 5.84 Å². The second-order valence-electron chi connectivity index (χ2n) is 3.74. The average Bonchev–Trinajstić information content (AvgIpc) is 2.41. The molecule has 0 aromatic carbocycles. The number of rotatable bonds is 1. The molecule has 1 aromatic heterocycles. The Bertz CT molecular complexity index is 338. The molecule has 1 aliphatic carbocycles. The van der Waals surface area contributed by atoms with Crippen molar-refractivity contribution in [2.75, 3.05) is 5.43 Å². The molecule has 0 saturated carbocycles. The van der Waals surface area contributed by atoms with Crippen LogP contribution in [-0.4, -0.2) is 4.98 Å². The molecule has 0 aliphatic heterocycles. The Morgan fingerprint density at radius 2 is 2.07 bits per heavy atom. The highest BCUT2D eigenvalue weighted by Gasteiger charge is 2.13. The third-order valence-corrected chi connectivity index (χ3v) is 3.04. The van der Waals surface area contributed by atoms with Crippen LogP contribution in [0.2, 0.25) is 0 Å². The minimum Gasteiger partial charge on any atom is -0.308 e. The lowest BCUT2D eigenvalue weighted by Crippen LogP contribution is -2.16. The van der Waals surface area contributed by atoms with Gasteiger partial charge in [-0.05, 0) is 42.9 Å². The molecule has 1 unspecified atom stereocenters. The van der Waals surface area contributed by atoms with Gasteiger partial charge in [0.2, 0.25) is 0 Å². The first-order valence-corrected chi connectivity index (χ1v) is 5.64. The highest BCUT2D eigenvalue weighted by molar-refractivity contribution is 7.26. The predicted molar refractivity (Wildman–Crippen MR) is 62.7 cm³/mol. The monoisotopic (exact) mass is 209 g/mol. The molecule has 0 radical (unpaired) electrons. The zero-order valence-corrected chi connectivity index (χ0v) is 9.37. The second-order valence-corrected chi connectivity index (χ2v) is 4.33. The van der Waals surface area contributed by atoms with Crippen LogP contribution in [0.3, 0.4) is 0 Å². The number of aryl methyl sites for hydroxylation is 1. The SMILES string of the molecule is NNc1nc(P)cc2c1CCCCC2. The minimum atomic E-state index is 0.856. The van der Waals surface area contributed by atoms with Crippen molar-refractivity contribution in [3.8, 4) is 0 Å². The second kappa shape index (κ2) is 4.24. The predicted octanol–water partition coefficient (Wildman–Crippen LogP) is 1.14. The van der Waals surface area contributed by atoms with Crippen LogP contribution in [-0.2, 0) is 12.8 Å². The molecule has 1 aromatic rings. The van der Waals surface area contributed by atoms with Gasteiger partial charge in [0.1, 0.15) is 5.82 Å². The fourth-order valence-electron chi connectivity index (χ4n) is 2.06. The summed E-state index contributed by atoms with van der Waals surface area (Å²) in [6, 6.07) is 2.16. The van der Waals surface area contributed by atoms with Crippen LogP contribution >= 0.6 is 9.24 Å². The Balaban J connectivity index is 2.46. The fourth-order valence-corrected chi connectivity index (χ4v) is 2.39. The Hall–Kier alpha value is -0.660. The zero-order valence-electron chi connectivity index (χ0n) is 8.21. The minimum absolute atomic E-state index is 0.856. The van der Waals surface area contributed by atoms with E-state index in [9.17, 15) is 0 Å². The van der Waals surface area contributed by atoms with E-state index in [1.54, 1.807) is 0 Å². The lowest BCUT2D eigenvalue weighted by molar-refractivity contribution is 0.711. The smallest absolute Gasteiger partial charge is 0.144 e. The summed E-state index contributed by atoms with van der Waals surface area (Å²) < 4.78 is 0. The van der Waals surface area contributed by atoms with Crippen LogP contribution in [0.15, 0.2) is 6.07 Å². The number of nitrogens with one attached hydrogen (secondary N) is 1. The molecule has 0 fully saturated rings. The summed E-state index contributed by atoms with van der Waals surface area (Å²) in [6.45, 7) is 0. The lowest BCUT2D eigenvalue weighted by atomic mass is 10.1. The maximum absolute atomic E-state index is 5.47. The molecule has 4 heteroatoms. The van der Waals surface area contributed by atoms with Gasteiger partial charge in [-0.2, -0.15) is 0 Å². The van der Waals surface area contributed by atoms with Crippen molar-refractivity contribution in [1.29, 1.82) is 0 Å². The number of nitrogens with zero attached hydrogens (tertiary/aromatic N) is 1. The largest absolute Gasteiger partial charge is 0.308 e. The van der Waals surface area contributed by atoms with Crippen LogP contribution in [0.25, 0.3) is 0 Å². The first kappa shape index (κ1) is 9.88. The van der Waals surface area contributed by atoms with E-state index >= 15 is 0 Å². The quantitative estimate of drug-likeness (QED) is 0.315. The van der Waals surface area contributed by atoms with E-state index in [2.05, 4.69) is 25.7 Å². The van der Waals surface area contributed by atoms with Gasteiger partial charge in [0.05, 0.1) is 5.44 Å². The average molecular weight is 209 g/mol. The number of nitrogens with two attached hydrogens (primary N) is 1. The van der Waals surface area contributed by atoms with Gasteiger partial charge in [-0.1, -0.05) is 15.7 Å². The van der Waals surface area contributed by atoms with E-state index in [0.29, 0.717) is 0 Å². The zero-order chi connectivity index (χ0) is 9.97. The van der Waals surface area contributed by atoms with E-state index in [1.807, 2.05) is 0 Å². The molecule has 0 spiro atoms. The standard InChI is InChI=1S/C10H16N3P/c11-13-10-8-5-3-1-2-4-7(8)6-9(14)12-10/h6H,1-5,11,14H2,(H,12,13). The van der Waals surface area contributed by atoms with Crippen LogP contribution in [0, 0.1) is 0 Å². The Morgan fingerprint density at radius 3 is 2.86 bits per heavy atom. The third-order valence-electron chi connectivity index (χ3n) is 2.75. The number of hydrogen-bond acceptors (Lipinski definition) is 3. The number of fused-ring (bicyclic) bond motifs is 1. The molecule has 14 heavy (non-hydrogen) atoms.